The molecule has 0 fully saturated rings. The lowest BCUT2D eigenvalue weighted by molar-refractivity contribution is 0.136. The van der Waals surface area contributed by atoms with Gasteiger partial charge < -0.3 is 15.0 Å². The standard InChI is InChI=1S/C19H20N2O2/c1-14(11-16-12-20-18-10-6-5-9-17(16)18)21-19(22)23-13-15-7-3-2-4-8-15/h2-10,12,14,20H,11,13H2,1H3,(H,21,22). The molecule has 0 saturated heterocycles. The van der Waals surface area contributed by atoms with Crippen molar-refractivity contribution in [1.29, 1.82) is 0 Å². The van der Waals surface area contributed by atoms with Crippen LogP contribution in [0.4, 0.5) is 4.79 Å². The van der Waals surface area contributed by atoms with Crippen molar-refractivity contribution in [2.24, 2.45) is 0 Å². The summed E-state index contributed by atoms with van der Waals surface area (Å²) in [5.74, 6) is 0. The minimum absolute atomic E-state index is 0.00233. The Bertz CT molecular complexity index is 780. The van der Waals surface area contributed by atoms with Gasteiger partial charge in [0.2, 0.25) is 0 Å². The number of H-pyrrole nitrogens is 1. The van der Waals surface area contributed by atoms with Crippen LogP contribution in [0.3, 0.4) is 0 Å². The molecular formula is C19H20N2O2. The number of hydrogen-bond donors (Lipinski definition) is 2. The van der Waals surface area contributed by atoms with Crippen molar-refractivity contribution in [2.45, 2.75) is 26.0 Å². The number of aromatic nitrogens is 1. The summed E-state index contributed by atoms with van der Waals surface area (Å²) in [6.07, 6.45) is 2.36. The second kappa shape index (κ2) is 7.01. The highest BCUT2D eigenvalue weighted by Gasteiger charge is 2.11. The molecule has 3 aromatic rings. The molecule has 4 heteroatoms. The lowest BCUT2D eigenvalue weighted by Crippen LogP contribution is -2.34. The number of carbonyl (C=O) groups excluding carboxylic acids is 1. The van der Waals surface area contributed by atoms with E-state index in [1.165, 1.54) is 10.9 Å². The highest BCUT2D eigenvalue weighted by atomic mass is 16.5. The maximum absolute atomic E-state index is 11.9. The number of ether oxygens (including phenoxy) is 1. The fourth-order valence-corrected chi connectivity index (χ4v) is 2.65. The van der Waals surface area contributed by atoms with Crippen LogP contribution in [0.25, 0.3) is 10.9 Å². The van der Waals surface area contributed by atoms with E-state index >= 15 is 0 Å². The minimum Gasteiger partial charge on any atom is -0.445 e. The van der Waals surface area contributed by atoms with Gasteiger partial charge in [0.1, 0.15) is 6.61 Å². The Kier molecular flexibility index (Phi) is 4.62. The van der Waals surface area contributed by atoms with Gasteiger partial charge in [-0.1, -0.05) is 48.5 Å². The molecule has 1 amide bonds. The predicted molar refractivity (Wildman–Crippen MR) is 91.2 cm³/mol. The summed E-state index contributed by atoms with van der Waals surface area (Å²) in [6.45, 7) is 2.26. The Labute approximate surface area is 135 Å². The monoisotopic (exact) mass is 308 g/mol. The quantitative estimate of drug-likeness (QED) is 0.748. The SMILES string of the molecule is CC(Cc1c[nH]c2ccccc12)NC(=O)OCc1ccccc1. The Morgan fingerprint density at radius 3 is 2.70 bits per heavy atom. The zero-order chi connectivity index (χ0) is 16.1. The van der Waals surface area contributed by atoms with Gasteiger partial charge >= 0.3 is 6.09 Å². The molecule has 1 heterocycles. The van der Waals surface area contributed by atoms with Crippen LogP contribution >= 0.6 is 0 Å². The fraction of sp³-hybridized carbons (Fsp3) is 0.211. The van der Waals surface area contributed by atoms with Gasteiger partial charge in [-0.25, -0.2) is 4.79 Å². The Morgan fingerprint density at radius 2 is 1.87 bits per heavy atom. The number of aromatic amines is 1. The Hall–Kier alpha value is -2.75. The number of fused-ring (bicyclic) bond motifs is 1. The van der Waals surface area contributed by atoms with Crippen LogP contribution in [0.15, 0.2) is 60.8 Å². The van der Waals surface area contributed by atoms with E-state index < -0.39 is 0 Å². The summed E-state index contributed by atoms with van der Waals surface area (Å²) in [5, 5.41) is 4.07. The van der Waals surface area contributed by atoms with Crippen LogP contribution in [0.2, 0.25) is 0 Å². The molecule has 1 atom stereocenters. The normalized spacial score (nSPS) is 12.0. The van der Waals surface area contributed by atoms with Crippen molar-refractivity contribution in [2.75, 3.05) is 0 Å². The fourth-order valence-electron chi connectivity index (χ4n) is 2.65. The van der Waals surface area contributed by atoms with Gasteiger partial charge in [0.25, 0.3) is 0 Å². The van der Waals surface area contributed by atoms with Crippen molar-refractivity contribution in [3.05, 3.63) is 71.9 Å². The predicted octanol–water partition coefficient (Wildman–Crippen LogP) is 4.03. The van der Waals surface area contributed by atoms with E-state index in [1.54, 1.807) is 0 Å². The molecule has 118 valence electrons. The van der Waals surface area contributed by atoms with E-state index in [1.807, 2.05) is 61.7 Å². The minimum atomic E-state index is -0.388. The number of carbonyl (C=O) groups is 1. The first-order valence-electron chi connectivity index (χ1n) is 7.74. The number of nitrogens with one attached hydrogen (secondary N) is 2. The molecule has 0 bridgehead atoms. The third kappa shape index (κ3) is 3.92. The zero-order valence-corrected chi connectivity index (χ0v) is 13.1. The van der Waals surface area contributed by atoms with E-state index in [9.17, 15) is 4.79 Å². The summed E-state index contributed by atoms with van der Waals surface area (Å²) in [6, 6.07) is 17.8. The number of benzene rings is 2. The molecule has 2 aromatic carbocycles. The van der Waals surface area contributed by atoms with Crippen LogP contribution in [-0.4, -0.2) is 17.1 Å². The number of para-hydroxylation sites is 1. The highest BCUT2D eigenvalue weighted by molar-refractivity contribution is 5.83. The molecule has 0 saturated carbocycles. The zero-order valence-electron chi connectivity index (χ0n) is 13.1. The second-order valence-corrected chi connectivity index (χ2v) is 5.67. The molecule has 3 rings (SSSR count). The molecule has 0 aliphatic heterocycles. The van der Waals surface area contributed by atoms with Gasteiger partial charge in [-0.2, -0.15) is 0 Å². The molecule has 4 nitrogen and oxygen atoms in total. The lowest BCUT2D eigenvalue weighted by Gasteiger charge is -2.13. The molecule has 1 aromatic heterocycles. The van der Waals surface area contributed by atoms with Gasteiger partial charge in [-0.3, -0.25) is 0 Å². The molecule has 1 unspecified atom stereocenters. The van der Waals surface area contributed by atoms with Crippen molar-refractivity contribution < 1.29 is 9.53 Å². The molecule has 0 spiro atoms. The Balaban J connectivity index is 1.52. The average molecular weight is 308 g/mol. The van der Waals surface area contributed by atoms with Crippen LogP contribution in [0.5, 0.6) is 0 Å². The van der Waals surface area contributed by atoms with Crippen LogP contribution in [0.1, 0.15) is 18.1 Å². The van der Waals surface area contributed by atoms with E-state index in [-0.39, 0.29) is 18.7 Å². The third-order valence-electron chi connectivity index (χ3n) is 3.78. The summed E-state index contributed by atoms with van der Waals surface area (Å²) in [7, 11) is 0. The van der Waals surface area contributed by atoms with Gasteiger partial charge in [-0.05, 0) is 30.5 Å². The van der Waals surface area contributed by atoms with Crippen molar-refractivity contribution in [1.82, 2.24) is 10.3 Å². The van der Waals surface area contributed by atoms with Gasteiger partial charge in [-0.15, -0.1) is 0 Å². The summed E-state index contributed by atoms with van der Waals surface area (Å²) in [5.41, 5.74) is 3.28. The summed E-state index contributed by atoms with van der Waals surface area (Å²) in [4.78, 5) is 15.1. The topological polar surface area (TPSA) is 54.1 Å². The Morgan fingerprint density at radius 1 is 1.13 bits per heavy atom. The summed E-state index contributed by atoms with van der Waals surface area (Å²) < 4.78 is 5.25. The number of hydrogen-bond acceptors (Lipinski definition) is 2. The van der Waals surface area contributed by atoms with Crippen molar-refractivity contribution in [3.63, 3.8) is 0 Å². The smallest absolute Gasteiger partial charge is 0.407 e. The maximum Gasteiger partial charge on any atom is 0.407 e. The number of amides is 1. The number of alkyl carbamates (subject to hydrolysis) is 1. The molecule has 0 radical (unpaired) electrons. The van der Waals surface area contributed by atoms with E-state index in [0.717, 1.165) is 17.5 Å². The van der Waals surface area contributed by atoms with Gasteiger partial charge in [0, 0.05) is 23.1 Å². The van der Waals surface area contributed by atoms with Crippen LogP contribution in [-0.2, 0) is 17.8 Å². The third-order valence-corrected chi connectivity index (χ3v) is 3.78. The van der Waals surface area contributed by atoms with Crippen molar-refractivity contribution in [3.8, 4) is 0 Å². The maximum atomic E-state index is 11.9. The van der Waals surface area contributed by atoms with Crippen molar-refractivity contribution >= 4 is 17.0 Å². The first-order valence-corrected chi connectivity index (χ1v) is 7.74. The van der Waals surface area contributed by atoms with E-state index in [4.69, 9.17) is 4.74 Å². The van der Waals surface area contributed by atoms with Crippen LogP contribution < -0.4 is 5.32 Å². The first-order chi connectivity index (χ1) is 11.2. The molecule has 0 aliphatic rings. The van der Waals surface area contributed by atoms with E-state index in [2.05, 4.69) is 16.4 Å². The van der Waals surface area contributed by atoms with Gasteiger partial charge in [0.05, 0.1) is 0 Å². The lowest BCUT2D eigenvalue weighted by atomic mass is 10.1. The van der Waals surface area contributed by atoms with Gasteiger partial charge in [0.15, 0.2) is 0 Å². The largest absolute Gasteiger partial charge is 0.445 e. The average Bonchev–Trinajstić information content (AvgIpc) is 2.97. The molecule has 23 heavy (non-hydrogen) atoms. The molecular weight excluding hydrogens is 288 g/mol. The van der Waals surface area contributed by atoms with Crippen LogP contribution in [0, 0.1) is 0 Å². The first kappa shape index (κ1) is 15.2. The molecule has 0 aliphatic carbocycles. The molecule has 2 N–H and O–H groups in total. The summed E-state index contributed by atoms with van der Waals surface area (Å²) >= 11 is 0. The van der Waals surface area contributed by atoms with E-state index in [0.29, 0.717) is 0 Å². The second-order valence-electron chi connectivity index (χ2n) is 5.67. The number of rotatable bonds is 5. The highest BCUT2D eigenvalue weighted by Crippen LogP contribution is 2.19.